The monoisotopic (exact) mass is 458 g/mol. The molecule has 34 heavy (non-hydrogen) atoms. The van der Waals surface area contributed by atoms with Crippen LogP contribution in [0.25, 0.3) is 16.9 Å². The lowest BCUT2D eigenvalue weighted by molar-refractivity contribution is -0.116. The smallest absolute Gasteiger partial charge is 0.224 e. The van der Waals surface area contributed by atoms with Crippen molar-refractivity contribution in [2.24, 2.45) is 0 Å². The number of methoxy groups -OCH3 is 2. The molecule has 0 radical (unpaired) electrons. The normalized spacial score (nSPS) is 11.0. The molecule has 1 amide bonds. The molecule has 0 unspecified atom stereocenters. The maximum absolute atomic E-state index is 12.6. The molecule has 7 heteroatoms. The van der Waals surface area contributed by atoms with Gasteiger partial charge in [0.15, 0.2) is 5.65 Å². The number of amides is 1. The third-order valence-electron chi connectivity index (χ3n) is 6.03. The Hall–Kier alpha value is -3.87. The zero-order valence-corrected chi connectivity index (χ0v) is 20.3. The fourth-order valence-electron chi connectivity index (χ4n) is 4.12. The van der Waals surface area contributed by atoms with Crippen LogP contribution in [0.2, 0.25) is 0 Å². The Morgan fingerprint density at radius 3 is 2.44 bits per heavy atom. The van der Waals surface area contributed by atoms with Crippen molar-refractivity contribution in [1.29, 1.82) is 0 Å². The number of benzene rings is 2. The molecule has 4 aromatic rings. The molecule has 0 atom stereocenters. The van der Waals surface area contributed by atoms with Gasteiger partial charge in [0.25, 0.3) is 0 Å². The van der Waals surface area contributed by atoms with Crippen LogP contribution in [0.15, 0.2) is 48.5 Å². The van der Waals surface area contributed by atoms with Crippen molar-refractivity contribution in [3.8, 4) is 22.8 Å². The SMILES string of the molecule is CCc1cccc(NC(=O)CCc2c(C)nc3cc(-c4cc(OC)cc(OC)c4)nn3c2C)c1. The molecule has 2 aromatic carbocycles. The molecule has 0 aliphatic carbocycles. The summed E-state index contributed by atoms with van der Waals surface area (Å²) in [5.41, 5.74) is 7.36. The van der Waals surface area contributed by atoms with Crippen LogP contribution in [0.1, 0.15) is 35.9 Å². The lowest BCUT2D eigenvalue weighted by Gasteiger charge is -2.11. The number of aryl methyl sites for hydroxylation is 3. The molecule has 0 saturated heterocycles. The number of aromatic nitrogens is 3. The van der Waals surface area contributed by atoms with Crippen LogP contribution in [0, 0.1) is 13.8 Å². The molecule has 0 aliphatic rings. The van der Waals surface area contributed by atoms with E-state index in [1.165, 1.54) is 5.56 Å². The number of anilines is 1. The Labute approximate surface area is 199 Å². The highest BCUT2D eigenvalue weighted by atomic mass is 16.5. The van der Waals surface area contributed by atoms with Crippen molar-refractivity contribution in [2.45, 2.75) is 40.0 Å². The zero-order valence-electron chi connectivity index (χ0n) is 20.3. The van der Waals surface area contributed by atoms with Crippen LogP contribution < -0.4 is 14.8 Å². The van der Waals surface area contributed by atoms with E-state index in [4.69, 9.17) is 19.6 Å². The minimum atomic E-state index is -0.0169. The number of hydrogen-bond donors (Lipinski definition) is 1. The van der Waals surface area contributed by atoms with Gasteiger partial charge in [-0.25, -0.2) is 9.50 Å². The molecule has 2 heterocycles. The first-order valence-electron chi connectivity index (χ1n) is 11.4. The first-order chi connectivity index (χ1) is 16.4. The van der Waals surface area contributed by atoms with Gasteiger partial charge in [-0.1, -0.05) is 19.1 Å². The summed E-state index contributed by atoms with van der Waals surface area (Å²) >= 11 is 0. The maximum Gasteiger partial charge on any atom is 0.224 e. The molecule has 0 spiro atoms. The van der Waals surface area contributed by atoms with Crippen molar-refractivity contribution in [1.82, 2.24) is 14.6 Å². The number of carbonyl (C=O) groups is 1. The summed E-state index contributed by atoms with van der Waals surface area (Å²) < 4.78 is 12.6. The number of nitrogens with zero attached hydrogens (tertiary/aromatic N) is 3. The molecule has 2 aromatic heterocycles. The first kappa shape index (κ1) is 23.3. The fraction of sp³-hybridized carbons (Fsp3) is 0.296. The van der Waals surface area contributed by atoms with E-state index in [1.54, 1.807) is 14.2 Å². The number of carbonyl (C=O) groups excluding carboxylic acids is 1. The minimum absolute atomic E-state index is 0.0169. The number of hydrogen-bond acceptors (Lipinski definition) is 5. The molecule has 0 bridgehead atoms. The maximum atomic E-state index is 12.6. The molecule has 0 saturated carbocycles. The Morgan fingerprint density at radius 1 is 1.03 bits per heavy atom. The Kier molecular flexibility index (Phi) is 6.82. The molecular formula is C27H30N4O3. The van der Waals surface area contributed by atoms with E-state index in [0.29, 0.717) is 24.3 Å². The second kappa shape index (κ2) is 9.95. The van der Waals surface area contributed by atoms with Crippen LogP contribution in [0.3, 0.4) is 0 Å². The second-order valence-corrected chi connectivity index (χ2v) is 8.26. The molecule has 176 valence electrons. The van der Waals surface area contributed by atoms with Gasteiger partial charge in [-0.05, 0) is 62.1 Å². The van der Waals surface area contributed by atoms with E-state index < -0.39 is 0 Å². The van der Waals surface area contributed by atoms with Gasteiger partial charge in [0, 0.05) is 41.2 Å². The molecule has 0 aliphatic heterocycles. The number of ether oxygens (including phenoxy) is 2. The van der Waals surface area contributed by atoms with Gasteiger partial charge in [-0.3, -0.25) is 4.79 Å². The van der Waals surface area contributed by atoms with Crippen LogP contribution >= 0.6 is 0 Å². The van der Waals surface area contributed by atoms with Gasteiger partial charge < -0.3 is 14.8 Å². The number of fused-ring (bicyclic) bond motifs is 1. The van der Waals surface area contributed by atoms with Gasteiger partial charge in [-0.15, -0.1) is 0 Å². The van der Waals surface area contributed by atoms with Gasteiger partial charge >= 0.3 is 0 Å². The average Bonchev–Trinajstić information content (AvgIpc) is 3.28. The molecular weight excluding hydrogens is 428 g/mol. The first-order valence-corrected chi connectivity index (χ1v) is 11.4. The van der Waals surface area contributed by atoms with Crippen molar-refractivity contribution < 1.29 is 14.3 Å². The van der Waals surface area contributed by atoms with E-state index >= 15 is 0 Å². The second-order valence-electron chi connectivity index (χ2n) is 8.26. The van der Waals surface area contributed by atoms with E-state index in [9.17, 15) is 4.79 Å². The van der Waals surface area contributed by atoms with E-state index in [-0.39, 0.29) is 5.91 Å². The van der Waals surface area contributed by atoms with Crippen molar-refractivity contribution in [3.63, 3.8) is 0 Å². The topological polar surface area (TPSA) is 77.8 Å². The summed E-state index contributed by atoms with van der Waals surface area (Å²) in [7, 11) is 3.25. The van der Waals surface area contributed by atoms with Crippen molar-refractivity contribution in [2.75, 3.05) is 19.5 Å². The third kappa shape index (κ3) is 4.88. The predicted octanol–water partition coefficient (Wildman–Crippen LogP) is 5.16. The quantitative estimate of drug-likeness (QED) is 0.394. The molecule has 1 N–H and O–H groups in total. The van der Waals surface area contributed by atoms with Crippen LogP contribution in [0.5, 0.6) is 11.5 Å². The summed E-state index contributed by atoms with van der Waals surface area (Å²) in [4.78, 5) is 17.4. The molecule has 4 rings (SSSR count). The number of nitrogens with one attached hydrogen (secondary N) is 1. The lowest BCUT2D eigenvalue weighted by atomic mass is 10.1. The average molecular weight is 459 g/mol. The summed E-state index contributed by atoms with van der Waals surface area (Å²) in [6.07, 6.45) is 1.89. The van der Waals surface area contributed by atoms with Gasteiger partial charge in [0.1, 0.15) is 11.5 Å². The molecule has 7 nitrogen and oxygen atoms in total. The summed E-state index contributed by atoms with van der Waals surface area (Å²) in [5.74, 6) is 1.38. The molecule has 0 fully saturated rings. The predicted molar refractivity (Wildman–Crippen MR) is 134 cm³/mol. The number of rotatable bonds is 8. The third-order valence-corrected chi connectivity index (χ3v) is 6.03. The lowest BCUT2D eigenvalue weighted by Crippen LogP contribution is -2.14. The Balaban J connectivity index is 1.57. The van der Waals surface area contributed by atoms with Crippen LogP contribution in [0.4, 0.5) is 5.69 Å². The standard InChI is InChI=1S/C27H30N4O3/c1-6-19-8-7-9-21(12-19)29-27(32)11-10-24-17(2)28-26-16-25(30-31(26)18(24)3)20-13-22(33-4)15-23(14-20)34-5/h7-9,12-16H,6,10-11H2,1-5H3,(H,29,32). The summed E-state index contributed by atoms with van der Waals surface area (Å²) in [5, 5.41) is 7.80. The van der Waals surface area contributed by atoms with Crippen LogP contribution in [-0.4, -0.2) is 34.7 Å². The highest BCUT2D eigenvalue weighted by molar-refractivity contribution is 5.91. The Morgan fingerprint density at radius 2 is 1.76 bits per heavy atom. The highest BCUT2D eigenvalue weighted by Gasteiger charge is 2.15. The summed E-state index contributed by atoms with van der Waals surface area (Å²) in [6, 6.07) is 15.6. The summed E-state index contributed by atoms with van der Waals surface area (Å²) in [6.45, 7) is 6.09. The van der Waals surface area contributed by atoms with Crippen molar-refractivity contribution >= 4 is 17.2 Å². The highest BCUT2D eigenvalue weighted by Crippen LogP contribution is 2.30. The minimum Gasteiger partial charge on any atom is -0.497 e. The van der Waals surface area contributed by atoms with Gasteiger partial charge in [-0.2, -0.15) is 5.10 Å². The van der Waals surface area contributed by atoms with E-state index in [0.717, 1.165) is 46.0 Å². The van der Waals surface area contributed by atoms with Gasteiger partial charge in [0.05, 0.1) is 19.9 Å². The van der Waals surface area contributed by atoms with Gasteiger partial charge in [0.2, 0.25) is 5.91 Å². The van der Waals surface area contributed by atoms with Crippen LogP contribution in [-0.2, 0) is 17.6 Å². The Bertz CT molecular complexity index is 1320. The largest absolute Gasteiger partial charge is 0.497 e. The van der Waals surface area contributed by atoms with Crippen molar-refractivity contribution in [3.05, 3.63) is 71.0 Å². The van der Waals surface area contributed by atoms with E-state index in [2.05, 4.69) is 18.3 Å². The fourth-order valence-corrected chi connectivity index (χ4v) is 4.12. The zero-order chi connectivity index (χ0) is 24.2. The van der Waals surface area contributed by atoms with E-state index in [1.807, 2.05) is 60.8 Å².